The third kappa shape index (κ3) is 5.40. The van der Waals surface area contributed by atoms with E-state index in [4.69, 9.17) is 5.73 Å². The van der Waals surface area contributed by atoms with Gasteiger partial charge in [0.05, 0.1) is 0 Å². The molecule has 1 unspecified atom stereocenters. The fourth-order valence-electron chi connectivity index (χ4n) is 1.91. The molecule has 2 amide bonds. The van der Waals surface area contributed by atoms with E-state index in [1.165, 1.54) is 0 Å². The Hall–Kier alpha value is -1.88. The van der Waals surface area contributed by atoms with Gasteiger partial charge in [0, 0.05) is 24.7 Å². The number of benzene rings is 1. The van der Waals surface area contributed by atoms with E-state index in [2.05, 4.69) is 17.6 Å². The van der Waals surface area contributed by atoms with Crippen molar-refractivity contribution in [2.24, 2.45) is 11.7 Å². The monoisotopic (exact) mass is 277 g/mol. The average molecular weight is 277 g/mol. The molecule has 5 nitrogen and oxygen atoms in total. The lowest BCUT2D eigenvalue weighted by molar-refractivity contribution is -0.116. The van der Waals surface area contributed by atoms with Gasteiger partial charge in [-0.15, -0.1) is 0 Å². The molecule has 0 aliphatic rings. The SMILES string of the molecule is CNC(=O)c1cccc(NC(=O)CCC(C)CCN)c1. The Labute approximate surface area is 119 Å². The molecule has 1 aromatic rings. The maximum Gasteiger partial charge on any atom is 0.251 e. The molecule has 1 rings (SSSR count). The number of nitrogens with two attached hydrogens (primary N) is 1. The maximum absolute atomic E-state index is 11.8. The van der Waals surface area contributed by atoms with Crippen LogP contribution >= 0.6 is 0 Å². The van der Waals surface area contributed by atoms with Gasteiger partial charge in [-0.1, -0.05) is 13.0 Å². The number of nitrogens with one attached hydrogen (secondary N) is 2. The summed E-state index contributed by atoms with van der Waals surface area (Å²) < 4.78 is 0. The van der Waals surface area contributed by atoms with Crippen LogP contribution in [0.1, 0.15) is 36.5 Å². The fraction of sp³-hybridized carbons (Fsp3) is 0.467. The van der Waals surface area contributed by atoms with Crippen LogP contribution in [-0.4, -0.2) is 25.4 Å². The average Bonchev–Trinajstić information content (AvgIpc) is 2.45. The van der Waals surface area contributed by atoms with Gasteiger partial charge < -0.3 is 16.4 Å². The van der Waals surface area contributed by atoms with Crippen LogP contribution in [0.25, 0.3) is 0 Å². The van der Waals surface area contributed by atoms with E-state index in [9.17, 15) is 9.59 Å². The minimum Gasteiger partial charge on any atom is -0.355 e. The van der Waals surface area contributed by atoms with Crippen molar-refractivity contribution < 1.29 is 9.59 Å². The molecule has 0 aliphatic carbocycles. The number of rotatable bonds is 7. The summed E-state index contributed by atoms with van der Waals surface area (Å²) in [6.07, 6.45) is 2.21. The topological polar surface area (TPSA) is 84.2 Å². The molecule has 4 N–H and O–H groups in total. The standard InChI is InChI=1S/C15H23N3O2/c1-11(8-9-16)6-7-14(19)18-13-5-3-4-12(10-13)15(20)17-2/h3-5,10-11H,6-9,16H2,1-2H3,(H,17,20)(H,18,19). The molecule has 20 heavy (non-hydrogen) atoms. The van der Waals surface area contributed by atoms with E-state index in [0.717, 1.165) is 12.8 Å². The second-order valence-corrected chi connectivity index (χ2v) is 4.93. The first-order valence-corrected chi connectivity index (χ1v) is 6.89. The first-order valence-electron chi connectivity index (χ1n) is 6.89. The van der Waals surface area contributed by atoms with E-state index in [0.29, 0.717) is 30.1 Å². The third-order valence-corrected chi connectivity index (χ3v) is 3.16. The highest BCUT2D eigenvalue weighted by molar-refractivity contribution is 5.97. The predicted molar refractivity (Wildman–Crippen MR) is 80.5 cm³/mol. The van der Waals surface area contributed by atoms with Gasteiger partial charge in [-0.05, 0) is 43.5 Å². The van der Waals surface area contributed by atoms with E-state index in [-0.39, 0.29) is 11.8 Å². The molecular weight excluding hydrogens is 254 g/mol. The number of carbonyl (C=O) groups is 2. The van der Waals surface area contributed by atoms with Crippen LogP contribution in [0.4, 0.5) is 5.69 Å². The number of hydrogen-bond donors (Lipinski definition) is 3. The van der Waals surface area contributed by atoms with E-state index in [1.54, 1.807) is 31.3 Å². The predicted octanol–water partition coefficient (Wildman–Crippen LogP) is 1.75. The summed E-state index contributed by atoms with van der Waals surface area (Å²) in [7, 11) is 1.58. The lowest BCUT2D eigenvalue weighted by Crippen LogP contribution is -2.18. The van der Waals surface area contributed by atoms with Crippen LogP contribution in [0, 0.1) is 5.92 Å². The molecule has 0 fully saturated rings. The lowest BCUT2D eigenvalue weighted by atomic mass is 10.0. The molecule has 0 heterocycles. The fourth-order valence-corrected chi connectivity index (χ4v) is 1.91. The van der Waals surface area contributed by atoms with Crippen molar-refractivity contribution in [1.82, 2.24) is 5.32 Å². The molecule has 0 aliphatic heterocycles. The Morgan fingerprint density at radius 1 is 1.30 bits per heavy atom. The third-order valence-electron chi connectivity index (χ3n) is 3.16. The Morgan fingerprint density at radius 2 is 2.05 bits per heavy atom. The van der Waals surface area contributed by atoms with Gasteiger partial charge in [-0.2, -0.15) is 0 Å². The molecule has 0 bridgehead atoms. The van der Waals surface area contributed by atoms with Crippen molar-refractivity contribution in [2.45, 2.75) is 26.2 Å². The highest BCUT2D eigenvalue weighted by Crippen LogP contribution is 2.13. The Bertz CT molecular complexity index is 460. The van der Waals surface area contributed by atoms with Crippen molar-refractivity contribution >= 4 is 17.5 Å². The zero-order valence-corrected chi connectivity index (χ0v) is 12.1. The molecule has 1 aromatic carbocycles. The Balaban J connectivity index is 2.51. The van der Waals surface area contributed by atoms with E-state index < -0.39 is 0 Å². The van der Waals surface area contributed by atoms with Crippen LogP contribution in [0.5, 0.6) is 0 Å². The summed E-state index contributed by atoms with van der Waals surface area (Å²) >= 11 is 0. The summed E-state index contributed by atoms with van der Waals surface area (Å²) in [5, 5.41) is 5.36. The van der Waals surface area contributed by atoms with Crippen molar-refractivity contribution in [3.63, 3.8) is 0 Å². The van der Waals surface area contributed by atoms with Crippen LogP contribution in [0.3, 0.4) is 0 Å². The molecule has 5 heteroatoms. The summed E-state index contributed by atoms with van der Waals surface area (Å²) in [4.78, 5) is 23.3. The smallest absolute Gasteiger partial charge is 0.251 e. The molecule has 1 atom stereocenters. The van der Waals surface area contributed by atoms with Gasteiger partial charge in [0.15, 0.2) is 0 Å². The first kappa shape index (κ1) is 16.2. The van der Waals surface area contributed by atoms with Gasteiger partial charge in [0.2, 0.25) is 5.91 Å². The second-order valence-electron chi connectivity index (χ2n) is 4.93. The zero-order chi connectivity index (χ0) is 15.0. The maximum atomic E-state index is 11.8. The summed E-state index contributed by atoms with van der Waals surface area (Å²) in [6, 6.07) is 6.89. The van der Waals surface area contributed by atoms with Gasteiger partial charge in [0.25, 0.3) is 5.91 Å². The zero-order valence-electron chi connectivity index (χ0n) is 12.1. The normalized spacial score (nSPS) is 11.8. The van der Waals surface area contributed by atoms with Crippen LogP contribution in [-0.2, 0) is 4.79 Å². The molecule has 110 valence electrons. The quantitative estimate of drug-likeness (QED) is 0.710. The summed E-state index contributed by atoms with van der Waals surface area (Å²) in [5.74, 6) is 0.239. The van der Waals surface area contributed by atoms with Gasteiger partial charge >= 0.3 is 0 Å². The minimum absolute atomic E-state index is 0.0390. The molecule has 0 spiro atoms. The number of amides is 2. The summed E-state index contributed by atoms with van der Waals surface area (Å²) in [5.41, 5.74) is 6.65. The highest BCUT2D eigenvalue weighted by atomic mass is 16.2. The number of anilines is 1. The number of carbonyl (C=O) groups excluding carboxylic acids is 2. The minimum atomic E-state index is -0.169. The van der Waals surface area contributed by atoms with Crippen LogP contribution in [0.15, 0.2) is 24.3 Å². The molecule has 0 saturated carbocycles. The number of hydrogen-bond acceptors (Lipinski definition) is 3. The Kier molecular flexibility index (Phi) is 6.73. The van der Waals surface area contributed by atoms with Crippen molar-refractivity contribution in [3.8, 4) is 0 Å². The van der Waals surface area contributed by atoms with E-state index >= 15 is 0 Å². The highest BCUT2D eigenvalue weighted by Gasteiger charge is 2.08. The van der Waals surface area contributed by atoms with Crippen molar-refractivity contribution in [2.75, 3.05) is 18.9 Å². The van der Waals surface area contributed by atoms with Crippen LogP contribution < -0.4 is 16.4 Å². The van der Waals surface area contributed by atoms with Crippen LogP contribution in [0.2, 0.25) is 0 Å². The van der Waals surface area contributed by atoms with Crippen molar-refractivity contribution in [1.29, 1.82) is 0 Å². The molecule has 0 radical (unpaired) electrons. The molecular formula is C15H23N3O2. The lowest BCUT2D eigenvalue weighted by Gasteiger charge is -2.10. The van der Waals surface area contributed by atoms with E-state index in [1.807, 2.05) is 0 Å². The largest absolute Gasteiger partial charge is 0.355 e. The summed E-state index contributed by atoms with van der Waals surface area (Å²) in [6.45, 7) is 2.74. The molecule has 0 saturated heterocycles. The second kappa shape index (κ2) is 8.32. The van der Waals surface area contributed by atoms with Crippen molar-refractivity contribution in [3.05, 3.63) is 29.8 Å². The van der Waals surface area contributed by atoms with Gasteiger partial charge in [0.1, 0.15) is 0 Å². The first-order chi connectivity index (χ1) is 9.56. The Morgan fingerprint density at radius 3 is 2.70 bits per heavy atom. The van der Waals surface area contributed by atoms with Gasteiger partial charge in [-0.25, -0.2) is 0 Å². The molecule has 0 aromatic heterocycles. The van der Waals surface area contributed by atoms with Gasteiger partial charge in [-0.3, -0.25) is 9.59 Å².